The van der Waals surface area contributed by atoms with Crippen LogP contribution in [0.25, 0.3) is 11.1 Å². The van der Waals surface area contributed by atoms with Crippen LogP contribution in [0.5, 0.6) is 0 Å². The van der Waals surface area contributed by atoms with Crippen molar-refractivity contribution in [2.24, 2.45) is 0 Å². The topological polar surface area (TPSA) is 49.3 Å². The van der Waals surface area contributed by atoms with Crippen LogP contribution in [0.3, 0.4) is 0 Å². The van der Waals surface area contributed by atoms with Crippen molar-refractivity contribution in [2.75, 3.05) is 5.32 Å². The average Bonchev–Trinajstić information content (AvgIpc) is 2.48. The molecule has 0 fully saturated rings. The number of aliphatic hydroxyl groups excluding tert-OH is 1. The third kappa shape index (κ3) is 1.52. The minimum Gasteiger partial charge on any atom is -0.367 e. The lowest BCUT2D eigenvalue weighted by molar-refractivity contribution is 0.0796. The number of benzene rings is 2. The highest BCUT2D eigenvalue weighted by atomic mass is 16.3. The van der Waals surface area contributed by atoms with Gasteiger partial charge in [0.05, 0.1) is 0 Å². The van der Waals surface area contributed by atoms with Gasteiger partial charge in [-0.25, -0.2) is 0 Å². The number of hydrogen-bond donors (Lipinski definition) is 2. The zero-order valence-electron chi connectivity index (χ0n) is 9.05. The van der Waals surface area contributed by atoms with Crippen LogP contribution in [0.1, 0.15) is 10.4 Å². The molecule has 3 heteroatoms. The number of rotatable bonds is 0. The van der Waals surface area contributed by atoms with Crippen molar-refractivity contribution in [3.05, 3.63) is 54.1 Å². The Bertz CT molecular complexity index is 592. The molecule has 2 aromatic rings. The van der Waals surface area contributed by atoms with E-state index >= 15 is 0 Å². The second kappa shape index (κ2) is 3.71. The molecular weight excluding hydrogens is 214 g/mol. The van der Waals surface area contributed by atoms with Crippen LogP contribution in [0.15, 0.2) is 48.5 Å². The molecule has 2 aromatic carbocycles. The zero-order valence-corrected chi connectivity index (χ0v) is 9.05. The fraction of sp³-hybridized carbons (Fsp3) is 0.0714. The van der Waals surface area contributed by atoms with Gasteiger partial charge in [0.25, 0.3) is 0 Å². The Morgan fingerprint density at radius 1 is 0.882 bits per heavy atom. The standard InChI is InChI=1S/C14H11NO2/c16-13-11-7-2-1-5-9(11)10-6-3-4-8-12(10)15-14(13)17/h1-8,14-15,17H. The van der Waals surface area contributed by atoms with Crippen molar-refractivity contribution in [1.82, 2.24) is 0 Å². The molecule has 0 aromatic heterocycles. The van der Waals surface area contributed by atoms with Crippen LogP contribution in [-0.2, 0) is 0 Å². The minimum atomic E-state index is -1.18. The van der Waals surface area contributed by atoms with Crippen molar-refractivity contribution in [2.45, 2.75) is 6.23 Å². The van der Waals surface area contributed by atoms with E-state index in [1.54, 1.807) is 12.1 Å². The molecule has 0 saturated heterocycles. The van der Waals surface area contributed by atoms with Crippen LogP contribution in [0.2, 0.25) is 0 Å². The molecule has 0 bridgehead atoms. The van der Waals surface area contributed by atoms with E-state index in [-0.39, 0.29) is 5.78 Å². The predicted octanol–water partition coefficient (Wildman–Crippen LogP) is 2.28. The van der Waals surface area contributed by atoms with Crippen LogP contribution in [0, 0.1) is 0 Å². The number of carbonyl (C=O) groups excluding carboxylic acids is 1. The monoisotopic (exact) mass is 225 g/mol. The van der Waals surface area contributed by atoms with Gasteiger partial charge in [-0.1, -0.05) is 42.5 Å². The second-order valence-electron chi connectivity index (χ2n) is 4.00. The lowest BCUT2D eigenvalue weighted by Crippen LogP contribution is -2.27. The maximum atomic E-state index is 12.0. The molecule has 1 unspecified atom stereocenters. The SMILES string of the molecule is O=C1c2ccccc2-c2ccccc2NC1O. The fourth-order valence-corrected chi connectivity index (χ4v) is 2.14. The number of carbonyl (C=O) groups is 1. The fourth-order valence-electron chi connectivity index (χ4n) is 2.14. The van der Waals surface area contributed by atoms with Crippen LogP contribution in [-0.4, -0.2) is 17.1 Å². The highest BCUT2D eigenvalue weighted by Crippen LogP contribution is 2.34. The first-order chi connectivity index (χ1) is 8.27. The predicted molar refractivity (Wildman–Crippen MR) is 65.8 cm³/mol. The summed E-state index contributed by atoms with van der Waals surface area (Å²) < 4.78 is 0. The van der Waals surface area contributed by atoms with E-state index in [1.165, 1.54) is 0 Å². The summed E-state index contributed by atoms with van der Waals surface area (Å²) >= 11 is 0. The Kier molecular flexibility index (Phi) is 2.20. The molecule has 0 saturated carbocycles. The largest absolute Gasteiger partial charge is 0.367 e. The first-order valence-corrected chi connectivity index (χ1v) is 5.44. The lowest BCUT2D eigenvalue weighted by Gasteiger charge is -2.10. The first-order valence-electron chi connectivity index (χ1n) is 5.44. The summed E-state index contributed by atoms with van der Waals surface area (Å²) in [6, 6.07) is 14.9. The number of ketones is 1. The van der Waals surface area contributed by atoms with Gasteiger partial charge in [0.1, 0.15) is 0 Å². The molecule has 3 nitrogen and oxygen atoms in total. The summed E-state index contributed by atoms with van der Waals surface area (Å²) in [7, 11) is 0. The third-order valence-corrected chi connectivity index (χ3v) is 2.95. The lowest BCUT2D eigenvalue weighted by atomic mass is 9.97. The number of fused-ring (bicyclic) bond motifs is 3. The molecule has 0 spiro atoms. The van der Waals surface area contributed by atoms with Gasteiger partial charge in [-0.05, 0) is 11.6 Å². The number of para-hydroxylation sites is 1. The number of aliphatic hydroxyl groups is 1. The quantitative estimate of drug-likeness (QED) is 0.723. The molecule has 3 rings (SSSR count). The van der Waals surface area contributed by atoms with Crippen molar-refractivity contribution in [1.29, 1.82) is 0 Å². The molecular formula is C14H11NO2. The van der Waals surface area contributed by atoms with Crippen LogP contribution in [0.4, 0.5) is 5.69 Å². The third-order valence-electron chi connectivity index (χ3n) is 2.95. The Morgan fingerprint density at radius 3 is 2.24 bits per heavy atom. The van der Waals surface area contributed by atoms with Crippen molar-refractivity contribution in [3.8, 4) is 11.1 Å². The molecule has 0 aliphatic carbocycles. The molecule has 1 aliphatic rings. The molecule has 84 valence electrons. The zero-order chi connectivity index (χ0) is 11.8. The van der Waals surface area contributed by atoms with Crippen molar-refractivity contribution >= 4 is 11.5 Å². The van der Waals surface area contributed by atoms with E-state index in [2.05, 4.69) is 5.32 Å². The molecule has 1 aliphatic heterocycles. The van der Waals surface area contributed by atoms with Crippen molar-refractivity contribution < 1.29 is 9.90 Å². The Morgan fingerprint density at radius 2 is 1.47 bits per heavy atom. The number of hydrogen-bond acceptors (Lipinski definition) is 3. The van der Waals surface area contributed by atoms with Crippen LogP contribution >= 0.6 is 0 Å². The summed E-state index contributed by atoms with van der Waals surface area (Å²) in [6.07, 6.45) is -1.18. The summed E-state index contributed by atoms with van der Waals surface area (Å²) in [4.78, 5) is 12.0. The molecule has 0 radical (unpaired) electrons. The maximum Gasteiger partial charge on any atom is 0.212 e. The van der Waals surface area contributed by atoms with E-state index in [9.17, 15) is 9.90 Å². The molecule has 1 heterocycles. The number of Topliss-reactive ketones (excluding diaryl/α,β-unsaturated/α-hetero) is 1. The van der Waals surface area contributed by atoms with E-state index in [0.717, 1.165) is 16.8 Å². The van der Waals surface area contributed by atoms with Gasteiger partial charge < -0.3 is 10.4 Å². The van der Waals surface area contributed by atoms with E-state index in [1.807, 2.05) is 36.4 Å². The normalized spacial score (nSPS) is 17.7. The molecule has 2 N–H and O–H groups in total. The van der Waals surface area contributed by atoms with Gasteiger partial charge >= 0.3 is 0 Å². The Hall–Kier alpha value is -2.13. The second-order valence-corrected chi connectivity index (χ2v) is 4.00. The van der Waals surface area contributed by atoms with Crippen molar-refractivity contribution in [3.63, 3.8) is 0 Å². The molecule has 0 amide bonds. The van der Waals surface area contributed by atoms with E-state index in [4.69, 9.17) is 0 Å². The van der Waals surface area contributed by atoms with E-state index in [0.29, 0.717) is 5.56 Å². The number of anilines is 1. The number of nitrogens with one attached hydrogen (secondary N) is 1. The minimum absolute atomic E-state index is 0.295. The first kappa shape index (κ1) is 10.1. The summed E-state index contributed by atoms with van der Waals surface area (Å²) in [5, 5.41) is 12.6. The summed E-state index contributed by atoms with van der Waals surface area (Å²) in [5.74, 6) is -0.295. The maximum absolute atomic E-state index is 12.0. The smallest absolute Gasteiger partial charge is 0.212 e. The van der Waals surface area contributed by atoms with Gasteiger partial charge in [0.15, 0.2) is 6.23 Å². The average molecular weight is 225 g/mol. The highest BCUT2D eigenvalue weighted by molar-refractivity contribution is 6.08. The Labute approximate surface area is 98.7 Å². The molecule has 17 heavy (non-hydrogen) atoms. The van der Waals surface area contributed by atoms with Gasteiger partial charge in [0.2, 0.25) is 5.78 Å². The molecule has 1 atom stereocenters. The van der Waals surface area contributed by atoms with Crippen LogP contribution < -0.4 is 5.32 Å². The highest BCUT2D eigenvalue weighted by Gasteiger charge is 2.25. The van der Waals surface area contributed by atoms with Gasteiger partial charge in [-0.3, -0.25) is 4.79 Å². The van der Waals surface area contributed by atoms with E-state index < -0.39 is 6.23 Å². The summed E-state index contributed by atoms with van der Waals surface area (Å²) in [5.41, 5.74) is 3.13. The van der Waals surface area contributed by atoms with Gasteiger partial charge in [-0.15, -0.1) is 0 Å². The van der Waals surface area contributed by atoms with Gasteiger partial charge in [-0.2, -0.15) is 0 Å². The van der Waals surface area contributed by atoms with Gasteiger partial charge in [0, 0.05) is 16.8 Å². The Balaban J connectivity index is 2.33. The summed E-state index contributed by atoms with van der Waals surface area (Å²) in [6.45, 7) is 0.